The van der Waals surface area contributed by atoms with Crippen molar-refractivity contribution in [2.45, 2.75) is 118 Å². The molecule has 0 aromatic carbocycles. The molecule has 1 heteroatoms. The zero-order valence-electron chi connectivity index (χ0n) is 19.5. The fourth-order valence-electron chi connectivity index (χ4n) is 9.34. The Hall–Kier alpha value is -0.0700. The predicted molar refractivity (Wildman–Crippen MR) is 118 cm³/mol. The Labute approximate surface area is 174 Å². The second-order valence-corrected chi connectivity index (χ2v) is 12.5. The van der Waals surface area contributed by atoms with E-state index >= 15 is 4.39 Å². The van der Waals surface area contributed by atoms with Crippen molar-refractivity contribution in [2.75, 3.05) is 0 Å². The highest BCUT2D eigenvalue weighted by Gasteiger charge is 2.62. The van der Waals surface area contributed by atoms with E-state index in [2.05, 4.69) is 34.6 Å². The molecule has 0 aromatic rings. The van der Waals surface area contributed by atoms with E-state index in [1.54, 1.807) is 0 Å². The van der Waals surface area contributed by atoms with E-state index in [0.717, 1.165) is 30.1 Å². The first kappa shape index (κ1) is 21.2. The van der Waals surface area contributed by atoms with Gasteiger partial charge in [0.15, 0.2) is 0 Å². The van der Waals surface area contributed by atoms with Crippen LogP contribution in [0.25, 0.3) is 0 Å². The third-order valence-electron chi connectivity index (χ3n) is 10.7. The van der Waals surface area contributed by atoms with E-state index in [1.807, 2.05) is 0 Å². The zero-order chi connectivity index (χ0) is 20.1. The normalized spacial score (nSPS) is 49.4. The first-order chi connectivity index (χ1) is 13.3. The lowest BCUT2D eigenvalue weighted by Gasteiger charge is -2.60. The fourth-order valence-corrected chi connectivity index (χ4v) is 9.34. The van der Waals surface area contributed by atoms with Gasteiger partial charge in [0.1, 0.15) is 6.17 Å². The highest BCUT2D eigenvalue weighted by Crippen LogP contribution is 2.68. The van der Waals surface area contributed by atoms with Crippen LogP contribution in [0.2, 0.25) is 0 Å². The van der Waals surface area contributed by atoms with Crippen LogP contribution >= 0.6 is 0 Å². The van der Waals surface area contributed by atoms with Crippen molar-refractivity contribution < 1.29 is 4.39 Å². The summed E-state index contributed by atoms with van der Waals surface area (Å²) >= 11 is 0. The smallest absolute Gasteiger partial charge is 0.104 e. The third kappa shape index (κ3) is 3.39. The molecule has 0 aromatic heterocycles. The second-order valence-electron chi connectivity index (χ2n) is 12.5. The van der Waals surface area contributed by atoms with Crippen molar-refractivity contribution >= 4 is 0 Å². The summed E-state index contributed by atoms with van der Waals surface area (Å²) in [5.41, 5.74) is 0.852. The highest BCUT2D eigenvalue weighted by molar-refractivity contribution is 5.11. The summed E-state index contributed by atoms with van der Waals surface area (Å²) in [5, 5.41) is 0. The van der Waals surface area contributed by atoms with Gasteiger partial charge in [0, 0.05) is 0 Å². The van der Waals surface area contributed by atoms with Crippen molar-refractivity contribution in [3.05, 3.63) is 0 Å². The Morgan fingerprint density at radius 2 is 1.64 bits per heavy atom. The lowest BCUT2D eigenvalue weighted by molar-refractivity contribution is -0.115. The van der Waals surface area contributed by atoms with Crippen LogP contribution < -0.4 is 0 Å². The molecule has 0 saturated heterocycles. The van der Waals surface area contributed by atoms with Gasteiger partial charge >= 0.3 is 0 Å². The van der Waals surface area contributed by atoms with E-state index in [0.29, 0.717) is 23.2 Å². The predicted octanol–water partition coefficient (Wildman–Crippen LogP) is 8.45. The molecular weight excluding hydrogens is 343 g/mol. The summed E-state index contributed by atoms with van der Waals surface area (Å²) in [4.78, 5) is 0. The summed E-state index contributed by atoms with van der Waals surface area (Å²) in [5.74, 6) is 5.02. The van der Waals surface area contributed by atoms with Gasteiger partial charge in [-0.05, 0) is 97.2 Å². The number of rotatable bonds is 5. The lowest BCUT2D eigenvalue weighted by atomic mass is 9.44. The number of hydrogen-bond donors (Lipinski definition) is 0. The van der Waals surface area contributed by atoms with Gasteiger partial charge in [0.2, 0.25) is 0 Å². The standard InChI is InChI=1S/C27H47F/c1-18(2)9-8-10-19(3)25-24(28)17-23-21-13-12-20-11-6-7-15-26(20,4)22(21)14-16-27(23,25)5/h18-25H,6-17H2,1-5H3/t19-,20?,21-,22+,23+,24?,25+,26+,27+/m1/s1. The molecule has 4 rings (SSSR count). The molecule has 162 valence electrons. The molecule has 0 spiro atoms. The van der Waals surface area contributed by atoms with Crippen LogP contribution in [0.3, 0.4) is 0 Å². The average Bonchev–Trinajstić information content (AvgIpc) is 2.91. The Kier molecular flexibility index (Phi) is 5.96. The Morgan fingerprint density at radius 3 is 2.39 bits per heavy atom. The lowest BCUT2D eigenvalue weighted by Crippen LogP contribution is -2.53. The van der Waals surface area contributed by atoms with Gasteiger partial charge in [0.05, 0.1) is 0 Å². The summed E-state index contributed by atoms with van der Waals surface area (Å²) in [7, 11) is 0. The van der Waals surface area contributed by atoms with Gasteiger partial charge in [-0.1, -0.05) is 66.7 Å². The zero-order valence-corrected chi connectivity index (χ0v) is 19.5. The van der Waals surface area contributed by atoms with Crippen LogP contribution in [0.5, 0.6) is 0 Å². The van der Waals surface area contributed by atoms with Crippen molar-refractivity contribution in [3.8, 4) is 0 Å². The number of halogens is 1. The minimum absolute atomic E-state index is 0.274. The van der Waals surface area contributed by atoms with Gasteiger partial charge in [-0.25, -0.2) is 4.39 Å². The third-order valence-corrected chi connectivity index (χ3v) is 10.7. The minimum Gasteiger partial charge on any atom is -0.247 e. The number of fused-ring (bicyclic) bond motifs is 5. The van der Waals surface area contributed by atoms with Crippen LogP contribution in [-0.4, -0.2) is 6.17 Å². The second kappa shape index (κ2) is 7.88. The summed E-state index contributed by atoms with van der Waals surface area (Å²) in [6.07, 6.45) is 15.6. The van der Waals surface area contributed by atoms with Crippen LogP contribution in [0.1, 0.15) is 112 Å². The molecular formula is C27H47F. The maximum atomic E-state index is 15.6. The van der Waals surface area contributed by atoms with E-state index in [9.17, 15) is 0 Å². The van der Waals surface area contributed by atoms with Crippen molar-refractivity contribution in [1.29, 1.82) is 0 Å². The average molecular weight is 391 g/mol. The Balaban J connectivity index is 1.51. The van der Waals surface area contributed by atoms with Gasteiger partial charge in [-0.3, -0.25) is 0 Å². The first-order valence-corrected chi connectivity index (χ1v) is 12.9. The number of alkyl halides is 1. The monoisotopic (exact) mass is 390 g/mol. The van der Waals surface area contributed by atoms with Gasteiger partial charge in [0.25, 0.3) is 0 Å². The van der Waals surface area contributed by atoms with Crippen molar-refractivity contribution in [3.63, 3.8) is 0 Å². The molecule has 4 saturated carbocycles. The topological polar surface area (TPSA) is 0 Å². The Bertz CT molecular complexity index is 540. The van der Waals surface area contributed by atoms with Crippen molar-refractivity contribution in [2.24, 2.45) is 52.3 Å². The molecule has 4 aliphatic rings. The maximum absolute atomic E-state index is 15.6. The first-order valence-electron chi connectivity index (χ1n) is 12.9. The SMILES string of the molecule is CC(C)CCC[C@@H](C)[C@H]1C(F)C[C@H]2[C@@H]3CCC4CCCC[C@]4(C)[C@H]3CC[C@]12C. The highest BCUT2D eigenvalue weighted by atomic mass is 19.1. The molecule has 0 nitrogen and oxygen atoms in total. The maximum Gasteiger partial charge on any atom is 0.104 e. The quantitative estimate of drug-likeness (QED) is 0.441. The van der Waals surface area contributed by atoms with Crippen molar-refractivity contribution in [1.82, 2.24) is 0 Å². The summed E-state index contributed by atoms with van der Waals surface area (Å²) in [6.45, 7) is 12.2. The van der Waals surface area contributed by atoms with Crippen LogP contribution in [0, 0.1) is 52.3 Å². The molecule has 28 heavy (non-hydrogen) atoms. The van der Waals surface area contributed by atoms with E-state index in [-0.39, 0.29) is 5.41 Å². The summed E-state index contributed by atoms with van der Waals surface area (Å²) in [6, 6.07) is 0. The van der Waals surface area contributed by atoms with E-state index in [4.69, 9.17) is 0 Å². The van der Waals surface area contributed by atoms with Gasteiger partial charge in [-0.2, -0.15) is 0 Å². The molecule has 0 amide bonds. The molecule has 0 N–H and O–H groups in total. The van der Waals surface area contributed by atoms with Gasteiger partial charge < -0.3 is 0 Å². The molecule has 0 radical (unpaired) electrons. The number of hydrogen-bond acceptors (Lipinski definition) is 0. The molecule has 4 aliphatic carbocycles. The van der Waals surface area contributed by atoms with E-state index in [1.165, 1.54) is 70.6 Å². The van der Waals surface area contributed by atoms with Crippen LogP contribution in [0.15, 0.2) is 0 Å². The minimum atomic E-state index is -0.542. The fraction of sp³-hybridized carbons (Fsp3) is 1.00. The largest absolute Gasteiger partial charge is 0.247 e. The molecule has 0 heterocycles. The molecule has 2 unspecified atom stereocenters. The molecule has 9 atom stereocenters. The molecule has 0 bridgehead atoms. The van der Waals surface area contributed by atoms with Gasteiger partial charge in [-0.15, -0.1) is 0 Å². The van der Waals surface area contributed by atoms with E-state index < -0.39 is 6.17 Å². The van der Waals surface area contributed by atoms with Crippen LogP contribution in [0.4, 0.5) is 4.39 Å². The summed E-state index contributed by atoms with van der Waals surface area (Å²) < 4.78 is 15.6. The molecule has 4 fully saturated rings. The van der Waals surface area contributed by atoms with Crippen LogP contribution in [-0.2, 0) is 0 Å². The Morgan fingerprint density at radius 1 is 0.857 bits per heavy atom. The molecule has 0 aliphatic heterocycles.